The first-order chi connectivity index (χ1) is 35.7. The van der Waals surface area contributed by atoms with Gasteiger partial charge in [0, 0.05) is 47.7 Å². The van der Waals surface area contributed by atoms with Crippen LogP contribution >= 0.6 is 32.9 Å². The fourth-order valence-electron chi connectivity index (χ4n) is 9.17. The molecule has 0 bridgehead atoms. The van der Waals surface area contributed by atoms with Gasteiger partial charge in [-0.1, -0.05) is 91.1 Å². The first kappa shape index (κ1) is 59.5. The van der Waals surface area contributed by atoms with Crippen molar-refractivity contribution in [1.29, 1.82) is 0 Å². The second-order valence-corrected chi connectivity index (χ2v) is 23.2. The van der Waals surface area contributed by atoms with Crippen LogP contribution in [0.25, 0.3) is 0 Å². The highest BCUT2D eigenvalue weighted by atomic mass is 33.1. The van der Waals surface area contributed by atoms with Gasteiger partial charge < -0.3 is 65.1 Å². The molecule has 15 N–H and O–H groups in total. The van der Waals surface area contributed by atoms with Gasteiger partial charge >= 0.3 is 0 Å². The van der Waals surface area contributed by atoms with Crippen molar-refractivity contribution >= 4 is 98.0 Å². The molecule has 3 heterocycles. The lowest BCUT2D eigenvalue weighted by atomic mass is 9.85. The number of carbonyl (C=O) groups excluding carboxylic acids is 10. The maximum atomic E-state index is 14.9. The van der Waals surface area contributed by atoms with Crippen LogP contribution in [-0.2, 0) is 60.8 Å². The number of nitrogens with zero attached hydrogens (tertiary/aromatic N) is 2. The quantitative estimate of drug-likeness (QED) is 0.0396. The zero-order chi connectivity index (χ0) is 54.7. The number of carbonyl (C=O) groups is 10. The number of primary amides is 2. The van der Waals surface area contributed by atoms with Crippen molar-refractivity contribution in [2.45, 2.75) is 144 Å². The summed E-state index contributed by atoms with van der Waals surface area (Å²) in [5.41, 5.74) is 22.5. The molecule has 1 saturated carbocycles. The van der Waals surface area contributed by atoms with Gasteiger partial charge in [0.1, 0.15) is 42.3 Å². The average Bonchev–Trinajstić information content (AvgIpc) is 4.08. The van der Waals surface area contributed by atoms with Crippen molar-refractivity contribution in [2.75, 3.05) is 25.4 Å². The SMILES string of the molecule is CC(C)[C@@H]1NC(=O)[C@H](Cc2ccccc2)NC(=O)[C@H](Cc2cccs2)NC(=O)CC2(CCCCC2)SSC[C@@H](C(=O)N2CCC[C@H]2C(=O)N[C@@H](CCCN=C(N)N)C(=O)NCC(N)=O)NC(=O)[C@H](CC(N)=O)NC1=O. The summed E-state index contributed by atoms with van der Waals surface area (Å²) in [6, 6.07) is 3.60. The first-order valence-corrected chi connectivity index (χ1v) is 28.3. The van der Waals surface area contributed by atoms with Crippen LogP contribution in [0.2, 0.25) is 0 Å². The number of nitrogens with two attached hydrogens (primary N) is 4. The Balaban J connectivity index is 1.50. The molecule has 2 aromatic rings. The van der Waals surface area contributed by atoms with E-state index in [0.29, 0.717) is 24.8 Å². The molecule has 26 heteroatoms. The van der Waals surface area contributed by atoms with Crippen molar-refractivity contribution in [2.24, 2.45) is 33.8 Å². The Morgan fingerprint density at radius 2 is 1.47 bits per heavy atom. The number of hydrogen-bond donors (Lipinski definition) is 11. The van der Waals surface area contributed by atoms with Crippen molar-refractivity contribution in [3.05, 3.63) is 58.3 Å². The second kappa shape index (κ2) is 29.0. The Bertz CT molecular complexity index is 2370. The molecule has 1 spiro atoms. The molecule has 23 nitrogen and oxygen atoms in total. The molecule has 10 amide bonds. The lowest BCUT2D eigenvalue weighted by molar-refractivity contribution is -0.142. The minimum absolute atomic E-state index is 0.00487. The molecule has 1 aromatic carbocycles. The predicted octanol–water partition coefficient (Wildman–Crippen LogP) is -0.892. The Morgan fingerprint density at radius 3 is 2.12 bits per heavy atom. The smallest absolute Gasteiger partial charge is 0.246 e. The summed E-state index contributed by atoms with van der Waals surface area (Å²) in [6.45, 7) is 3.01. The van der Waals surface area contributed by atoms with Gasteiger partial charge in [0.2, 0.25) is 59.1 Å². The standard InChI is InChI=1S/C49H71N13O10S3/c1-28(2)40-46(71)59-34(24-37(50)63)43(68)60-35(47(72)62-20-10-16-36(62)45(70)57-31(15-9-19-54-48(52)53)41(66)55-26-38(51)64)27-74-75-49(17-7-4-8-18-49)25-39(65)56-33(23-30-14-11-21-73-30)42(67)58-32(44(69)61-40)22-29-12-5-3-6-13-29/h3,5-6,11-14,21,28,31-36,40H,4,7-10,15-20,22-27H2,1-2H3,(H2,50,63)(H2,51,64)(H,55,66)(H,56,65)(H,57,70)(H,58,67)(H,59,71)(H,60,68)(H,61,69)(H4,52,53,54)/t31-,32-,33-,34-,35-,36-,40-/m0/s1. The van der Waals surface area contributed by atoms with E-state index in [0.717, 1.165) is 24.1 Å². The molecule has 75 heavy (non-hydrogen) atoms. The summed E-state index contributed by atoms with van der Waals surface area (Å²) in [5, 5.41) is 20.8. The zero-order valence-corrected chi connectivity index (χ0v) is 44.7. The molecule has 0 radical (unpaired) electrons. The molecule has 1 aromatic heterocycles. The van der Waals surface area contributed by atoms with E-state index in [4.69, 9.17) is 22.9 Å². The molecule has 410 valence electrons. The first-order valence-electron chi connectivity index (χ1n) is 25.1. The Morgan fingerprint density at radius 1 is 0.787 bits per heavy atom. The number of amides is 10. The number of rotatable bonds is 17. The third kappa shape index (κ3) is 18.7. The van der Waals surface area contributed by atoms with E-state index in [-0.39, 0.29) is 63.3 Å². The topological polar surface area (TPSA) is 375 Å². The van der Waals surface area contributed by atoms with E-state index >= 15 is 0 Å². The molecule has 5 rings (SSSR count). The van der Waals surface area contributed by atoms with Crippen molar-refractivity contribution in [3.8, 4) is 0 Å². The van der Waals surface area contributed by atoms with Crippen LogP contribution in [0.4, 0.5) is 0 Å². The number of benzene rings is 1. The molecular formula is C49H71N13O10S3. The summed E-state index contributed by atoms with van der Waals surface area (Å²) in [4.78, 5) is 144. The van der Waals surface area contributed by atoms with Crippen LogP contribution in [-0.4, -0.2) is 142 Å². The van der Waals surface area contributed by atoms with Gasteiger partial charge in [-0.2, -0.15) is 0 Å². The molecule has 2 aliphatic heterocycles. The number of likely N-dealkylation sites (tertiary alicyclic amines) is 1. The number of hydrogen-bond acceptors (Lipinski definition) is 14. The molecular weight excluding hydrogens is 1030 g/mol. The van der Waals surface area contributed by atoms with Crippen LogP contribution in [0.1, 0.15) is 94.9 Å². The predicted molar refractivity (Wildman–Crippen MR) is 286 cm³/mol. The summed E-state index contributed by atoms with van der Waals surface area (Å²) in [5.74, 6) is -8.33. The van der Waals surface area contributed by atoms with Gasteiger partial charge in [0.05, 0.1) is 13.0 Å². The molecule has 2 saturated heterocycles. The highest BCUT2D eigenvalue weighted by Crippen LogP contribution is 2.48. The summed E-state index contributed by atoms with van der Waals surface area (Å²) >= 11 is 1.41. The Labute approximate surface area is 447 Å². The number of nitrogens with one attached hydrogen (secondary N) is 7. The zero-order valence-electron chi connectivity index (χ0n) is 42.3. The lowest BCUT2D eigenvalue weighted by Gasteiger charge is -2.37. The van der Waals surface area contributed by atoms with Gasteiger partial charge in [0.25, 0.3) is 0 Å². The van der Waals surface area contributed by atoms with E-state index in [1.165, 1.54) is 37.8 Å². The molecule has 0 unspecified atom stereocenters. The van der Waals surface area contributed by atoms with E-state index in [9.17, 15) is 47.9 Å². The van der Waals surface area contributed by atoms with Crippen molar-refractivity contribution < 1.29 is 47.9 Å². The van der Waals surface area contributed by atoms with Gasteiger partial charge in [0.15, 0.2) is 5.96 Å². The van der Waals surface area contributed by atoms with E-state index < -0.39 is 125 Å². The average molecular weight is 1100 g/mol. The van der Waals surface area contributed by atoms with Crippen LogP contribution in [0.5, 0.6) is 0 Å². The number of aliphatic imine (C=N–C) groups is 1. The maximum absolute atomic E-state index is 14.9. The monoisotopic (exact) mass is 1100 g/mol. The highest BCUT2D eigenvalue weighted by molar-refractivity contribution is 8.77. The van der Waals surface area contributed by atoms with Crippen molar-refractivity contribution in [1.82, 2.24) is 42.1 Å². The minimum atomic E-state index is -1.64. The Hall–Kier alpha value is -6.41. The molecule has 1 aliphatic carbocycles. The van der Waals surface area contributed by atoms with Crippen LogP contribution in [0.3, 0.4) is 0 Å². The second-order valence-electron chi connectivity index (χ2n) is 19.3. The van der Waals surface area contributed by atoms with Crippen molar-refractivity contribution in [3.63, 3.8) is 0 Å². The molecule has 7 atom stereocenters. The minimum Gasteiger partial charge on any atom is -0.370 e. The van der Waals surface area contributed by atoms with Gasteiger partial charge in [-0.05, 0) is 61.5 Å². The van der Waals surface area contributed by atoms with Gasteiger partial charge in [-0.3, -0.25) is 52.9 Å². The van der Waals surface area contributed by atoms with E-state index in [2.05, 4.69) is 42.2 Å². The maximum Gasteiger partial charge on any atom is 0.246 e. The van der Waals surface area contributed by atoms with Crippen LogP contribution in [0.15, 0.2) is 52.8 Å². The molecule has 3 aliphatic rings. The highest BCUT2D eigenvalue weighted by Gasteiger charge is 2.42. The fraction of sp³-hybridized carbons (Fsp3) is 0.571. The van der Waals surface area contributed by atoms with Gasteiger partial charge in [-0.25, -0.2) is 0 Å². The third-order valence-electron chi connectivity index (χ3n) is 13.0. The van der Waals surface area contributed by atoms with Gasteiger partial charge in [-0.15, -0.1) is 11.3 Å². The van der Waals surface area contributed by atoms with E-state index in [1.807, 2.05) is 17.5 Å². The normalized spacial score (nSPS) is 23.6. The summed E-state index contributed by atoms with van der Waals surface area (Å²) < 4.78 is -0.680. The summed E-state index contributed by atoms with van der Waals surface area (Å²) in [6.07, 6.45) is 4.02. The van der Waals surface area contributed by atoms with Crippen LogP contribution in [0, 0.1) is 5.92 Å². The number of guanidine groups is 1. The lowest BCUT2D eigenvalue weighted by Crippen LogP contribution is -2.61. The third-order valence-corrected chi connectivity index (χ3v) is 17.2. The largest absolute Gasteiger partial charge is 0.370 e. The fourth-order valence-corrected chi connectivity index (χ4v) is 13.3. The number of thiophene rings is 1. The summed E-state index contributed by atoms with van der Waals surface area (Å²) in [7, 11) is 2.61. The molecule has 3 fully saturated rings. The van der Waals surface area contributed by atoms with E-state index in [1.54, 1.807) is 44.2 Å². The Kier molecular flexibility index (Phi) is 23.0. The van der Waals surface area contributed by atoms with Crippen LogP contribution < -0.4 is 60.2 Å².